The smallest absolute Gasteiger partial charge is 0.320 e. The largest absolute Gasteiger partial charge is 0.481 e. The molecule has 5 heteroatoms. The highest BCUT2D eigenvalue weighted by molar-refractivity contribution is 5.93. The zero-order chi connectivity index (χ0) is 11.7. The van der Waals surface area contributed by atoms with E-state index in [0.717, 1.165) is 6.42 Å². The number of esters is 1. The molecule has 0 spiro atoms. The van der Waals surface area contributed by atoms with Crippen molar-refractivity contribution in [2.24, 2.45) is 5.92 Å². The van der Waals surface area contributed by atoms with Crippen molar-refractivity contribution >= 4 is 11.9 Å². The summed E-state index contributed by atoms with van der Waals surface area (Å²) in [5.74, 6) is -2.81. The van der Waals surface area contributed by atoms with E-state index in [1.54, 1.807) is 14.0 Å². The number of unbranched alkanes of at least 4 members (excludes halogenated alkanes) is 1. The molecule has 1 N–H and O–H groups in total. The third-order valence-electron chi connectivity index (χ3n) is 1.96. The van der Waals surface area contributed by atoms with E-state index in [9.17, 15) is 9.59 Å². The van der Waals surface area contributed by atoms with Gasteiger partial charge in [-0.05, 0) is 26.2 Å². The highest BCUT2D eigenvalue weighted by Gasteiger charge is 2.26. The SMILES string of the molecule is CCOC(=O)C(CCCCOC)C(=O)O. The van der Waals surface area contributed by atoms with Crippen LogP contribution in [0.1, 0.15) is 26.2 Å². The van der Waals surface area contributed by atoms with E-state index in [1.165, 1.54) is 0 Å². The molecule has 0 aromatic rings. The van der Waals surface area contributed by atoms with E-state index >= 15 is 0 Å². The minimum absolute atomic E-state index is 0.209. The predicted octanol–water partition coefficient (Wildman–Crippen LogP) is 1.07. The second kappa shape index (κ2) is 8.23. The van der Waals surface area contributed by atoms with Crippen LogP contribution in [0.5, 0.6) is 0 Å². The van der Waals surface area contributed by atoms with Crippen molar-refractivity contribution in [3.05, 3.63) is 0 Å². The Balaban J connectivity index is 3.94. The molecule has 0 aromatic carbocycles. The zero-order valence-electron chi connectivity index (χ0n) is 9.19. The van der Waals surface area contributed by atoms with Crippen LogP contribution in [-0.2, 0) is 19.1 Å². The van der Waals surface area contributed by atoms with Gasteiger partial charge in [-0.15, -0.1) is 0 Å². The standard InChI is InChI=1S/C10H18O5/c1-3-15-10(13)8(9(11)12)6-4-5-7-14-2/h8H,3-7H2,1-2H3,(H,11,12). The van der Waals surface area contributed by atoms with E-state index < -0.39 is 17.9 Å². The summed E-state index contributed by atoms with van der Waals surface area (Å²) < 4.78 is 9.50. The molecule has 0 aliphatic carbocycles. The van der Waals surface area contributed by atoms with E-state index in [2.05, 4.69) is 4.74 Å². The maximum atomic E-state index is 11.2. The van der Waals surface area contributed by atoms with E-state index in [0.29, 0.717) is 19.4 Å². The summed E-state index contributed by atoms with van der Waals surface area (Å²) in [6.45, 7) is 2.44. The van der Waals surface area contributed by atoms with E-state index in [-0.39, 0.29) is 6.61 Å². The third-order valence-corrected chi connectivity index (χ3v) is 1.96. The number of aliphatic carboxylic acids is 1. The van der Waals surface area contributed by atoms with Gasteiger partial charge in [0, 0.05) is 13.7 Å². The number of methoxy groups -OCH3 is 1. The molecule has 0 aliphatic rings. The molecular weight excluding hydrogens is 200 g/mol. The molecule has 0 rings (SSSR count). The van der Waals surface area contributed by atoms with Crippen molar-refractivity contribution in [3.8, 4) is 0 Å². The molecule has 0 radical (unpaired) electrons. The second-order valence-electron chi connectivity index (χ2n) is 3.13. The topological polar surface area (TPSA) is 72.8 Å². The molecule has 0 fully saturated rings. The Kier molecular flexibility index (Phi) is 7.62. The molecule has 0 saturated heterocycles. The van der Waals surface area contributed by atoms with Gasteiger partial charge < -0.3 is 14.6 Å². The number of hydrogen-bond donors (Lipinski definition) is 1. The van der Waals surface area contributed by atoms with Crippen LogP contribution in [0.4, 0.5) is 0 Å². The van der Waals surface area contributed by atoms with Gasteiger partial charge in [0.25, 0.3) is 0 Å². The Morgan fingerprint density at radius 3 is 2.47 bits per heavy atom. The minimum Gasteiger partial charge on any atom is -0.481 e. The molecule has 0 aliphatic heterocycles. The Morgan fingerprint density at radius 2 is 2.00 bits per heavy atom. The monoisotopic (exact) mass is 218 g/mol. The van der Waals surface area contributed by atoms with Crippen LogP contribution < -0.4 is 0 Å². The lowest BCUT2D eigenvalue weighted by atomic mass is 10.0. The Labute approximate surface area is 89.4 Å². The first-order valence-corrected chi connectivity index (χ1v) is 5.01. The maximum Gasteiger partial charge on any atom is 0.320 e. The summed E-state index contributed by atoms with van der Waals surface area (Å²) in [6.07, 6.45) is 1.70. The van der Waals surface area contributed by atoms with Gasteiger partial charge in [-0.2, -0.15) is 0 Å². The average Bonchev–Trinajstić information content (AvgIpc) is 2.17. The third kappa shape index (κ3) is 6.06. The first kappa shape index (κ1) is 13.9. The summed E-state index contributed by atoms with van der Waals surface area (Å²) >= 11 is 0. The predicted molar refractivity (Wildman–Crippen MR) is 53.5 cm³/mol. The Hall–Kier alpha value is -1.10. The lowest BCUT2D eigenvalue weighted by molar-refractivity contribution is -0.158. The summed E-state index contributed by atoms with van der Waals surface area (Å²) in [7, 11) is 1.58. The number of carboxylic acid groups (broad SMARTS) is 1. The Bertz CT molecular complexity index is 202. The van der Waals surface area contributed by atoms with Crippen molar-refractivity contribution in [1.82, 2.24) is 0 Å². The van der Waals surface area contributed by atoms with Crippen LogP contribution in [0.15, 0.2) is 0 Å². The molecule has 0 heterocycles. The lowest BCUT2D eigenvalue weighted by Crippen LogP contribution is -2.26. The highest BCUT2D eigenvalue weighted by Crippen LogP contribution is 2.11. The quantitative estimate of drug-likeness (QED) is 0.375. The van der Waals surface area contributed by atoms with Gasteiger partial charge in [0.15, 0.2) is 5.92 Å². The first-order chi connectivity index (χ1) is 7.13. The molecule has 0 saturated carbocycles. The first-order valence-electron chi connectivity index (χ1n) is 5.01. The Morgan fingerprint density at radius 1 is 1.33 bits per heavy atom. The van der Waals surface area contributed by atoms with Crippen LogP contribution in [0.3, 0.4) is 0 Å². The van der Waals surface area contributed by atoms with Crippen LogP contribution in [0.25, 0.3) is 0 Å². The van der Waals surface area contributed by atoms with Gasteiger partial charge in [0.2, 0.25) is 0 Å². The molecule has 0 amide bonds. The number of carbonyl (C=O) groups excluding carboxylic acids is 1. The van der Waals surface area contributed by atoms with Gasteiger partial charge in [-0.3, -0.25) is 9.59 Å². The molecular formula is C10H18O5. The molecule has 5 nitrogen and oxygen atoms in total. The number of hydrogen-bond acceptors (Lipinski definition) is 4. The summed E-state index contributed by atoms with van der Waals surface area (Å²) in [4.78, 5) is 22.0. The van der Waals surface area contributed by atoms with Crippen molar-refractivity contribution in [2.75, 3.05) is 20.3 Å². The molecule has 0 aromatic heterocycles. The van der Waals surface area contributed by atoms with E-state index in [4.69, 9.17) is 9.84 Å². The van der Waals surface area contributed by atoms with Crippen molar-refractivity contribution < 1.29 is 24.2 Å². The number of carboxylic acids is 1. The normalized spacial score (nSPS) is 12.1. The lowest BCUT2D eigenvalue weighted by Gasteiger charge is -2.10. The van der Waals surface area contributed by atoms with Crippen molar-refractivity contribution in [3.63, 3.8) is 0 Å². The van der Waals surface area contributed by atoms with E-state index in [1.807, 2.05) is 0 Å². The molecule has 88 valence electrons. The molecule has 15 heavy (non-hydrogen) atoms. The average molecular weight is 218 g/mol. The van der Waals surface area contributed by atoms with Gasteiger partial charge in [0.05, 0.1) is 6.61 Å². The fraction of sp³-hybridized carbons (Fsp3) is 0.800. The number of carbonyl (C=O) groups is 2. The van der Waals surface area contributed by atoms with Crippen molar-refractivity contribution in [1.29, 1.82) is 0 Å². The van der Waals surface area contributed by atoms with Gasteiger partial charge in [0.1, 0.15) is 0 Å². The van der Waals surface area contributed by atoms with Crippen molar-refractivity contribution in [2.45, 2.75) is 26.2 Å². The summed E-state index contributed by atoms with van der Waals surface area (Å²) in [5.41, 5.74) is 0. The minimum atomic E-state index is -1.12. The molecule has 1 atom stereocenters. The van der Waals surface area contributed by atoms with Crippen LogP contribution >= 0.6 is 0 Å². The highest BCUT2D eigenvalue weighted by atomic mass is 16.5. The number of rotatable bonds is 8. The zero-order valence-corrected chi connectivity index (χ0v) is 9.19. The van der Waals surface area contributed by atoms with Crippen LogP contribution in [-0.4, -0.2) is 37.4 Å². The van der Waals surface area contributed by atoms with Crippen LogP contribution in [0, 0.1) is 5.92 Å². The van der Waals surface area contributed by atoms with Gasteiger partial charge in [-0.25, -0.2) is 0 Å². The van der Waals surface area contributed by atoms with Crippen LogP contribution in [0.2, 0.25) is 0 Å². The fourth-order valence-corrected chi connectivity index (χ4v) is 1.18. The summed E-state index contributed by atoms with van der Waals surface area (Å²) in [6, 6.07) is 0. The van der Waals surface area contributed by atoms with Gasteiger partial charge in [-0.1, -0.05) is 0 Å². The maximum absolute atomic E-state index is 11.2. The molecule has 0 bridgehead atoms. The molecule has 1 unspecified atom stereocenters. The van der Waals surface area contributed by atoms with Gasteiger partial charge >= 0.3 is 11.9 Å². The number of ether oxygens (including phenoxy) is 2. The summed E-state index contributed by atoms with van der Waals surface area (Å²) in [5, 5.41) is 8.79. The second-order valence-corrected chi connectivity index (χ2v) is 3.13. The fourth-order valence-electron chi connectivity index (χ4n) is 1.18.